The number of hydrogen-bond donors (Lipinski definition) is 4. The number of benzene rings is 3. The number of hydrazone groups is 1. The van der Waals surface area contributed by atoms with Crippen LogP contribution >= 0.6 is 22.6 Å². The molecule has 15 heteroatoms. The number of ether oxygens (including phenoxy) is 4. The Morgan fingerprint density at radius 2 is 1.85 bits per heavy atom. The van der Waals surface area contributed by atoms with Gasteiger partial charge in [-0.25, -0.2) is 9.59 Å². The molecule has 0 unspecified atom stereocenters. The van der Waals surface area contributed by atoms with E-state index in [-0.39, 0.29) is 24.5 Å². The number of nitro groups is 1. The fraction of sp³-hybridized carbons (Fsp3) is 0.258. The van der Waals surface area contributed by atoms with Gasteiger partial charge in [-0.2, -0.15) is 5.10 Å². The molecule has 0 radical (unpaired) electrons. The summed E-state index contributed by atoms with van der Waals surface area (Å²) >= 11 is 2.14. The summed E-state index contributed by atoms with van der Waals surface area (Å²) in [5, 5.41) is 30.6. The molecule has 2 atom stereocenters. The number of hydrogen-bond acceptors (Lipinski definition) is 11. The van der Waals surface area contributed by atoms with E-state index in [1.54, 1.807) is 56.3 Å². The van der Waals surface area contributed by atoms with Crippen LogP contribution in [-0.2, 0) is 16.1 Å². The summed E-state index contributed by atoms with van der Waals surface area (Å²) in [5.74, 6) is 0.760. The minimum atomic E-state index is -1.16. The molecule has 1 aliphatic rings. The highest BCUT2D eigenvalue weighted by atomic mass is 127. The van der Waals surface area contributed by atoms with E-state index in [0.717, 1.165) is 14.7 Å². The van der Waals surface area contributed by atoms with E-state index in [0.29, 0.717) is 35.1 Å². The number of aliphatic hydroxyl groups excluding tert-OH is 1. The molecule has 0 spiro atoms. The maximum atomic E-state index is 12.4. The highest BCUT2D eigenvalue weighted by Gasteiger charge is 2.32. The Morgan fingerprint density at radius 3 is 2.52 bits per heavy atom. The van der Waals surface area contributed by atoms with Gasteiger partial charge in [-0.1, -0.05) is 6.07 Å². The summed E-state index contributed by atoms with van der Waals surface area (Å²) in [5.41, 5.74) is 5.40. The molecule has 4 N–H and O–H groups in total. The number of carbonyl (C=O) groups is 2. The number of rotatable bonds is 14. The number of nitrogens with zero attached hydrogens (tertiary/aromatic N) is 2. The third kappa shape index (κ3) is 8.85. The van der Waals surface area contributed by atoms with E-state index in [9.17, 15) is 24.8 Å². The largest absolute Gasteiger partial charge is 0.490 e. The van der Waals surface area contributed by atoms with Crippen LogP contribution in [0, 0.1) is 13.7 Å². The standard InChI is InChI=1S/C31H32IN5O9/c1-4-44-26-14-21(29-28(30(39)43-3)18(2)34-31(40)35-29)8-12-25(26)46-17-27(38)36-33-15-20-7-11-24(23(32)13-20)45-16-19-5-9-22(10-6-19)37(41)42/h5-15,27,29,36,38H,4,16-17H2,1-3H3,(H2,34,35,40)/b33-15-/t27-,29+/m0/s1. The number of non-ortho nitro benzene ring substituents is 1. The number of esters is 1. The summed E-state index contributed by atoms with van der Waals surface area (Å²) in [6, 6.07) is 15.3. The number of amides is 2. The SMILES string of the molecule is CCOc1cc([C@H]2NC(=O)NC(C)=C2C(=O)OC)ccc1OC[C@H](O)N/N=C\c1ccc(OCc2ccc([N+](=O)[O-])cc2)c(I)c1. The van der Waals surface area contributed by atoms with Crippen molar-refractivity contribution in [3.8, 4) is 17.2 Å². The first-order valence-corrected chi connectivity index (χ1v) is 15.1. The number of nitrogens with one attached hydrogen (secondary N) is 3. The molecule has 0 aliphatic carbocycles. The first-order valence-electron chi connectivity index (χ1n) is 14.0. The van der Waals surface area contributed by atoms with Crippen molar-refractivity contribution in [1.29, 1.82) is 0 Å². The molecule has 0 aromatic heterocycles. The molecule has 242 valence electrons. The van der Waals surface area contributed by atoms with Crippen molar-refractivity contribution in [3.05, 3.63) is 102 Å². The van der Waals surface area contributed by atoms with Gasteiger partial charge >= 0.3 is 12.0 Å². The van der Waals surface area contributed by atoms with E-state index in [1.807, 2.05) is 6.07 Å². The Hall–Kier alpha value is -4.90. The van der Waals surface area contributed by atoms with Crippen molar-refractivity contribution in [2.45, 2.75) is 32.7 Å². The van der Waals surface area contributed by atoms with Gasteiger partial charge in [0.1, 0.15) is 19.0 Å². The summed E-state index contributed by atoms with van der Waals surface area (Å²) in [6.07, 6.45) is 0.377. The van der Waals surface area contributed by atoms with Crippen molar-refractivity contribution in [3.63, 3.8) is 0 Å². The zero-order chi connectivity index (χ0) is 33.2. The predicted molar refractivity (Wildman–Crippen MR) is 176 cm³/mol. The predicted octanol–water partition coefficient (Wildman–Crippen LogP) is 4.30. The minimum absolute atomic E-state index is 0.0197. The summed E-state index contributed by atoms with van der Waals surface area (Å²) < 4.78 is 23.1. The quantitative estimate of drug-likeness (QED) is 0.0464. The van der Waals surface area contributed by atoms with Crippen molar-refractivity contribution in [1.82, 2.24) is 16.1 Å². The maximum absolute atomic E-state index is 12.4. The molecule has 4 rings (SSSR count). The third-order valence-electron chi connectivity index (χ3n) is 6.61. The average Bonchev–Trinajstić information content (AvgIpc) is 3.03. The number of methoxy groups -OCH3 is 1. The number of aliphatic hydroxyl groups is 1. The van der Waals surface area contributed by atoms with Crippen LogP contribution in [0.2, 0.25) is 0 Å². The number of nitro benzene ring substituents is 1. The molecular formula is C31H32IN5O9. The van der Waals surface area contributed by atoms with Crippen molar-refractivity contribution in [2.75, 3.05) is 20.3 Å². The van der Waals surface area contributed by atoms with Gasteiger partial charge in [-0.05, 0) is 95.6 Å². The first kappa shape index (κ1) is 34.0. The van der Waals surface area contributed by atoms with Crippen LogP contribution in [0.1, 0.15) is 36.6 Å². The number of allylic oxidation sites excluding steroid dienone is 1. The molecule has 0 fully saturated rings. The lowest BCUT2D eigenvalue weighted by Crippen LogP contribution is -2.45. The topological polar surface area (TPSA) is 183 Å². The van der Waals surface area contributed by atoms with Crippen LogP contribution in [0.4, 0.5) is 10.5 Å². The molecule has 0 bridgehead atoms. The van der Waals surface area contributed by atoms with Crippen LogP contribution in [0.3, 0.4) is 0 Å². The smallest absolute Gasteiger partial charge is 0.337 e. The van der Waals surface area contributed by atoms with Gasteiger partial charge in [-0.3, -0.25) is 15.5 Å². The Kier molecular flexibility index (Phi) is 11.7. The Balaban J connectivity index is 1.33. The Morgan fingerprint density at radius 1 is 1.11 bits per heavy atom. The molecule has 14 nitrogen and oxygen atoms in total. The van der Waals surface area contributed by atoms with Crippen molar-refractivity contribution >= 4 is 46.5 Å². The van der Waals surface area contributed by atoms with Crippen LogP contribution in [0.15, 0.2) is 77.0 Å². The van der Waals surface area contributed by atoms with E-state index in [2.05, 4.69) is 43.8 Å². The van der Waals surface area contributed by atoms with Gasteiger partial charge < -0.3 is 34.7 Å². The third-order valence-corrected chi connectivity index (χ3v) is 7.45. The van der Waals surface area contributed by atoms with E-state index in [1.165, 1.54) is 25.5 Å². The number of carbonyl (C=O) groups excluding carboxylic acids is 2. The van der Waals surface area contributed by atoms with Crippen molar-refractivity contribution in [2.24, 2.45) is 5.10 Å². The van der Waals surface area contributed by atoms with Crippen LogP contribution in [0.5, 0.6) is 17.2 Å². The van der Waals surface area contributed by atoms with Gasteiger partial charge in [0, 0.05) is 17.8 Å². The summed E-state index contributed by atoms with van der Waals surface area (Å²) in [4.78, 5) is 35.0. The van der Waals surface area contributed by atoms with Crippen LogP contribution in [0.25, 0.3) is 0 Å². The second-order valence-corrected chi connectivity index (χ2v) is 11.0. The Labute approximate surface area is 278 Å². The summed E-state index contributed by atoms with van der Waals surface area (Å²) in [6.45, 7) is 3.83. The second-order valence-electron chi connectivity index (χ2n) is 9.82. The van der Waals surface area contributed by atoms with Crippen molar-refractivity contribution < 1.29 is 38.6 Å². The monoisotopic (exact) mass is 745 g/mol. The molecule has 3 aromatic rings. The first-order chi connectivity index (χ1) is 22.1. The van der Waals surface area contributed by atoms with Gasteiger partial charge in [0.05, 0.1) is 40.0 Å². The number of halogens is 1. The van der Waals surface area contributed by atoms with Gasteiger partial charge in [-0.15, -0.1) is 0 Å². The number of urea groups is 1. The zero-order valence-electron chi connectivity index (χ0n) is 25.1. The fourth-order valence-corrected chi connectivity index (χ4v) is 5.10. The highest BCUT2D eigenvalue weighted by molar-refractivity contribution is 14.1. The molecule has 0 saturated carbocycles. The normalized spacial score (nSPS) is 15.1. The van der Waals surface area contributed by atoms with Gasteiger partial charge in [0.2, 0.25) is 0 Å². The Bertz CT molecular complexity index is 1650. The average molecular weight is 746 g/mol. The fourth-order valence-electron chi connectivity index (χ4n) is 4.41. The maximum Gasteiger partial charge on any atom is 0.337 e. The van der Waals surface area contributed by atoms with Crippen LogP contribution in [-0.4, -0.2) is 54.8 Å². The van der Waals surface area contributed by atoms with Gasteiger partial charge in [0.25, 0.3) is 5.69 Å². The minimum Gasteiger partial charge on any atom is -0.490 e. The molecule has 46 heavy (non-hydrogen) atoms. The van der Waals surface area contributed by atoms with Gasteiger partial charge in [0.15, 0.2) is 17.7 Å². The van der Waals surface area contributed by atoms with E-state index < -0.39 is 29.2 Å². The summed E-state index contributed by atoms with van der Waals surface area (Å²) in [7, 11) is 1.27. The molecule has 2 amide bonds. The molecule has 1 aliphatic heterocycles. The lowest BCUT2D eigenvalue weighted by atomic mass is 9.95. The van der Waals surface area contributed by atoms with E-state index >= 15 is 0 Å². The van der Waals surface area contributed by atoms with Crippen LogP contribution < -0.4 is 30.3 Å². The zero-order valence-corrected chi connectivity index (χ0v) is 27.3. The molecule has 1 heterocycles. The molecule has 0 saturated heterocycles. The lowest BCUT2D eigenvalue weighted by Gasteiger charge is -2.28. The highest BCUT2D eigenvalue weighted by Crippen LogP contribution is 2.35. The lowest BCUT2D eigenvalue weighted by molar-refractivity contribution is -0.384. The molecule has 3 aromatic carbocycles. The second kappa shape index (κ2) is 15.9. The molecular weight excluding hydrogens is 713 g/mol. The van der Waals surface area contributed by atoms with E-state index in [4.69, 9.17) is 18.9 Å².